The molecule has 2 rings (SSSR count). The van der Waals surface area contributed by atoms with E-state index in [9.17, 15) is 4.79 Å². The molecule has 0 saturated heterocycles. The minimum absolute atomic E-state index is 0.366. The van der Waals surface area contributed by atoms with E-state index >= 15 is 0 Å². The molecule has 0 radical (unpaired) electrons. The number of rotatable bonds is 2. The molecule has 84 valence electrons. The van der Waals surface area contributed by atoms with Crippen LogP contribution in [0.2, 0.25) is 0 Å². The first-order valence-corrected chi connectivity index (χ1v) is 6.43. The molecule has 2 aromatic rings. The number of esters is 1. The van der Waals surface area contributed by atoms with Gasteiger partial charge in [0.2, 0.25) is 0 Å². The number of thiazole rings is 1. The summed E-state index contributed by atoms with van der Waals surface area (Å²) in [6.07, 6.45) is 0. The van der Waals surface area contributed by atoms with Crippen molar-refractivity contribution in [2.45, 2.75) is 13.8 Å². The summed E-state index contributed by atoms with van der Waals surface area (Å²) >= 11 is 3.17. The summed E-state index contributed by atoms with van der Waals surface area (Å²) in [5, 5.41) is 2.92. The molecule has 0 unspecified atom stereocenters. The number of hydrogen-bond acceptors (Lipinski definition) is 5. The van der Waals surface area contributed by atoms with E-state index in [0.717, 1.165) is 14.8 Å². The maximum absolute atomic E-state index is 11.4. The molecule has 0 saturated carbocycles. The highest BCUT2D eigenvalue weighted by Gasteiger charge is 2.17. The molecule has 0 aliphatic rings. The number of aromatic nitrogens is 1. The van der Waals surface area contributed by atoms with Crippen LogP contribution in [0.3, 0.4) is 0 Å². The lowest BCUT2D eigenvalue weighted by atomic mass is 10.3. The summed E-state index contributed by atoms with van der Waals surface area (Å²) < 4.78 is 4.69. The SMILES string of the molecule is COC(=O)c1nc(-c2sccc2C)sc1C. The average molecular weight is 253 g/mol. The topological polar surface area (TPSA) is 39.2 Å². The second-order valence-electron chi connectivity index (χ2n) is 3.35. The van der Waals surface area contributed by atoms with Gasteiger partial charge in [0, 0.05) is 4.88 Å². The minimum Gasteiger partial charge on any atom is -0.464 e. The fourth-order valence-corrected chi connectivity index (χ4v) is 3.36. The Morgan fingerprint density at radius 2 is 2.19 bits per heavy atom. The van der Waals surface area contributed by atoms with Crippen LogP contribution in [-0.4, -0.2) is 18.1 Å². The van der Waals surface area contributed by atoms with Crippen molar-refractivity contribution in [1.82, 2.24) is 4.98 Å². The van der Waals surface area contributed by atoms with Gasteiger partial charge in [-0.05, 0) is 30.9 Å². The molecule has 0 aliphatic carbocycles. The molecular weight excluding hydrogens is 242 g/mol. The molecule has 0 aromatic carbocycles. The van der Waals surface area contributed by atoms with Crippen LogP contribution in [0.4, 0.5) is 0 Å². The van der Waals surface area contributed by atoms with E-state index in [4.69, 9.17) is 0 Å². The predicted octanol–water partition coefficient (Wildman–Crippen LogP) is 3.28. The Kier molecular flexibility index (Phi) is 3.07. The molecule has 0 aliphatic heterocycles. The summed E-state index contributed by atoms with van der Waals surface area (Å²) in [5.41, 5.74) is 1.62. The Morgan fingerprint density at radius 1 is 1.44 bits per heavy atom. The van der Waals surface area contributed by atoms with E-state index < -0.39 is 0 Å². The molecule has 5 heteroatoms. The number of hydrogen-bond donors (Lipinski definition) is 0. The van der Waals surface area contributed by atoms with Crippen LogP contribution in [0.5, 0.6) is 0 Å². The van der Waals surface area contributed by atoms with Gasteiger partial charge < -0.3 is 4.74 Å². The highest BCUT2D eigenvalue weighted by Crippen LogP contribution is 2.33. The lowest BCUT2D eigenvalue weighted by Gasteiger charge is -1.94. The number of carbonyl (C=O) groups is 1. The van der Waals surface area contributed by atoms with E-state index in [2.05, 4.69) is 15.8 Å². The van der Waals surface area contributed by atoms with Crippen molar-refractivity contribution < 1.29 is 9.53 Å². The Hall–Kier alpha value is -1.20. The largest absolute Gasteiger partial charge is 0.464 e. The van der Waals surface area contributed by atoms with Crippen LogP contribution in [0.1, 0.15) is 20.9 Å². The van der Waals surface area contributed by atoms with Gasteiger partial charge in [-0.3, -0.25) is 0 Å². The maximum atomic E-state index is 11.4. The molecule has 0 N–H and O–H groups in total. The average Bonchev–Trinajstić information content (AvgIpc) is 2.83. The normalized spacial score (nSPS) is 10.4. The van der Waals surface area contributed by atoms with Crippen molar-refractivity contribution in [3.63, 3.8) is 0 Å². The predicted molar refractivity (Wildman–Crippen MR) is 66.2 cm³/mol. The fourth-order valence-electron chi connectivity index (χ4n) is 1.37. The third-order valence-electron chi connectivity index (χ3n) is 2.23. The third kappa shape index (κ3) is 1.88. The van der Waals surface area contributed by atoms with Crippen LogP contribution in [-0.2, 0) is 4.74 Å². The zero-order valence-electron chi connectivity index (χ0n) is 9.23. The van der Waals surface area contributed by atoms with Crippen LogP contribution in [0, 0.1) is 13.8 Å². The van der Waals surface area contributed by atoms with E-state index in [1.54, 1.807) is 11.3 Å². The van der Waals surface area contributed by atoms with Crippen molar-refractivity contribution in [2.24, 2.45) is 0 Å². The molecule has 2 heterocycles. The second kappa shape index (κ2) is 4.35. The van der Waals surface area contributed by atoms with Crippen LogP contribution >= 0.6 is 22.7 Å². The van der Waals surface area contributed by atoms with Crippen molar-refractivity contribution in [1.29, 1.82) is 0 Å². The molecule has 0 fully saturated rings. The van der Waals surface area contributed by atoms with Gasteiger partial charge in [0.25, 0.3) is 0 Å². The van der Waals surface area contributed by atoms with Gasteiger partial charge in [-0.25, -0.2) is 9.78 Å². The summed E-state index contributed by atoms with van der Waals surface area (Å²) in [7, 11) is 1.37. The number of methoxy groups -OCH3 is 1. The monoisotopic (exact) mass is 253 g/mol. The van der Waals surface area contributed by atoms with Gasteiger partial charge in [-0.15, -0.1) is 22.7 Å². The van der Waals surface area contributed by atoms with E-state index in [1.807, 2.05) is 19.2 Å². The van der Waals surface area contributed by atoms with Gasteiger partial charge >= 0.3 is 5.97 Å². The zero-order chi connectivity index (χ0) is 11.7. The molecule has 2 aromatic heterocycles. The highest BCUT2D eigenvalue weighted by molar-refractivity contribution is 7.21. The third-order valence-corrected chi connectivity index (χ3v) is 4.37. The quantitative estimate of drug-likeness (QED) is 0.771. The highest BCUT2D eigenvalue weighted by atomic mass is 32.1. The van der Waals surface area contributed by atoms with Crippen LogP contribution in [0.15, 0.2) is 11.4 Å². The minimum atomic E-state index is -0.366. The van der Waals surface area contributed by atoms with Gasteiger partial charge in [-0.2, -0.15) is 0 Å². The van der Waals surface area contributed by atoms with Crippen LogP contribution in [0.25, 0.3) is 9.88 Å². The lowest BCUT2D eigenvalue weighted by molar-refractivity contribution is 0.0594. The second-order valence-corrected chi connectivity index (χ2v) is 5.47. The Morgan fingerprint density at radius 3 is 2.75 bits per heavy atom. The standard InChI is InChI=1S/C11H11NO2S2/c1-6-4-5-15-9(6)10-12-8(7(2)16-10)11(13)14-3/h4-5H,1-3H3. The van der Waals surface area contributed by atoms with Crippen molar-refractivity contribution in [3.05, 3.63) is 27.6 Å². The van der Waals surface area contributed by atoms with Crippen molar-refractivity contribution >= 4 is 28.6 Å². The Balaban J connectivity index is 2.46. The van der Waals surface area contributed by atoms with Crippen molar-refractivity contribution in [3.8, 4) is 9.88 Å². The number of nitrogens with zero attached hydrogens (tertiary/aromatic N) is 1. The smallest absolute Gasteiger partial charge is 0.357 e. The molecule has 0 amide bonds. The Labute approximate surface area is 102 Å². The van der Waals surface area contributed by atoms with Gasteiger partial charge in [0.15, 0.2) is 5.69 Å². The first-order chi connectivity index (χ1) is 7.63. The summed E-state index contributed by atoms with van der Waals surface area (Å²) in [4.78, 5) is 17.8. The van der Waals surface area contributed by atoms with E-state index in [-0.39, 0.29) is 5.97 Å². The van der Waals surface area contributed by atoms with Crippen LogP contribution < -0.4 is 0 Å². The first kappa shape index (κ1) is 11.3. The van der Waals surface area contributed by atoms with Gasteiger partial charge in [0.1, 0.15) is 5.01 Å². The number of ether oxygens (including phenoxy) is 1. The summed E-state index contributed by atoms with van der Waals surface area (Å²) in [6.45, 7) is 3.93. The van der Waals surface area contributed by atoms with Gasteiger partial charge in [0.05, 0.1) is 12.0 Å². The zero-order valence-corrected chi connectivity index (χ0v) is 10.9. The lowest BCUT2D eigenvalue weighted by Crippen LogP contribution is -2.03. The summed E-state index contributed by atoms with van der Waals surface area (Å²) in [6, 6.07) is 2.05. The molecule has 0 atom stereocenters. The fraction of sp³-hybridized carbons (Fsp3) is 0.273. The molecule has 0 spiro atoms. The summed E-state index contributed by atoms with van der Waals surface area (Å²) in [5.74, 6) is -0.366. The van der Waals surface area contributed by atoms with Gasteiger partial charge in [-0.1, -0.05) is 0 Å². The number of aryl methyl sites for hydroxylation is 2. The first-order valence-electron chi connectivity index (χ1n) is 4.73. The maximum Gasteiger partial charge on any atom is 0.357 e. The van der Waals surface area contributed by atoms with E-state index in [0.29, 0.717) is 5.69 Å². The van der Waals surface area contributed by atoms with E-state index in [1.165, 1.54) is 24.0 Å². The number of thiophene rings is 1. The molecule has 3 nitrogen and oxygen atoms in total. The van der Waals surface area contributed by atoms with Crippen molar-refractivity contribution in [2.75, 3.05) is 7.11 Å². The number of carbonyl (C=O) groups excluding carboxylic acids is 1. The molecule has 0 bridgehead atoms. The molecular formula is C11H11NO2S2. The molecule has 16 heavy (non-hydrogen) atoms. The Bertz CT molecular complexity index is 528.